The summed E-state index contributed by atoms with van der Waals surface area (Å²) in [6.45, 7) is 10.1. The monoisotopic (exact) mass is 294 g/mol. The Morgan fingerprint density at radius 3 is 1.95 bits per heavy atom. The molecule has 0 spiro atoms. The van der Waals surface area contributed by atoms with Crippen LogP contribution in [0.1, 0.15) is 58.3 Å². The molecule has 2 aliphatic rings. The second kappa shape index (κ2) is 8.78. The average Bonchev–Trinajstić information content (AvgIpc) is 3.15. The van der Waals surface area contributed by atoms with E-state index in [1.54, 1.807) is 11.1 Å². The molecule has 0 aromatic rings. The maximum absolute atomic E-state index is 3.93. The van der Waals surface area contributed by atoms with E-state index < -0.39 is 0 Å². The van der Waals surface area contributed by atoms with Crippen molar-refractivity contribution < 1.29 is 0 Å². The summed E-state index contributed by atoms with van der Waals surface area (Å²) < 4.78 is 0. The van der Waals surface area contributed by atoms with Crippen LogP contribution in [0.3, 0.4) is 0 Å². The minimum absolute atomic E-state index is 0.626. The van der Waals surface area contributed by atoms with Crippen LogP contribution in [-0.2, 0) is 0 Å². The minimum atomic E-state index is 0.626. The van der Waals surface area contributed by atoms with Gasteiger partial charge < -0.3 is 0 Å². The van der Waals surface area contributed by atoms with Gasteiger partial charge in [-0.15, -0.1) is 13.2 Å². The zero-order valence-electron chi connectivity index (χ0n) is 14.1. The van der Waals surface area contributed by atoms with Crippen LogP contribution in [0.5, 0.6) is 0 Å². The van der Waals surface area contributed by atoms with Gasteiger partial charge in [0.1, 0.15) is 0 Å². The van der Waals surface area contributed by atoms with Crippen molar-refractivity contribution in [2.45, 2.75) is 58.3 Å². The molecule has 0 saturated carbocycles. The van der Waals surface area contributed by atoms with E-state index in [1.165, 1.54) is 36.8 Å². The van der Waals surface area contributed by atoms with Crippen LogP contribution in [0, 0.1) is 5.92 Å². The Morgan fingerprint density at radius 1 is 0.955 bits per heavy atom. The molecule has 0 unspecified atom stereocenters. The molecule has 0 nitrogen and oxygen atoms in total. The van der Waals surface area contributed by atoms with Crippen LogP contribution in [0.2, 0.25) is 0 Å². The Labute approximate surface area is 136 Å². The van der Waals surface area contributed by atoms with Crippen LogP contribution >= 0.6 is 0 Å². The largest absolute Gasteiger partial charge is 0.103 e. The first kappa shape index (κ1) is 16.8. The highest BCUT2D eigenvalue weighted by atomic mass is 14.3. The molecule has 0 bridgehead atoms. The smallest absolute Gasteiger partial charge is 0.00250 e. The van der Waals surface area contributed by atoms with Gasteiger partial charge in [-0.1, -0.05) is 73.8 Å². The number of hydrogen-bond acceptors (Lipinski definition) is 0. The summed E-state index contributed by atoms with van der Waals surface area (Å²) in [6, 6.07) is 0. The Bertz CT molecular complexity index is 478. The van der Waals surface area contributed by atoms with E-state index in [9.17, 15) is 0 Å². The van der Waals surface area contributed by atoms with E-state index in [4.69, 9.17) is 0 Å². The first-order chi connectivity index (χ1) is 10.8. The lowest BCUT2D eigenvalue weighted by Gasteiger charge is -2.24. The van der Waals surface area contributed by atoms with Gasteiger partial charge in [-0.2, -0.15) is 0 Å². The molecule has 0 radical (unpaired) electrons. The Balaban J connectivity index is 2.27. The highest BCUT2D eigenvalue weighted by Gasteiger charge is 2.25. The Morgan fingerprint density at radius 2 is 1.50 bits per heavy atom. The molecule has 0 saturated heterocycles. The molecular weight excluding hydrogens is 264 g/mol. The Hall–Kier alpha value is -1.56. The van der Waals surface area contributed by atoms with E-state index in [-0.39, 0.29) is 0 Å². The van der Waals surface area contributed by atoms with Crippen molar-refractivity contribution in [1.29, 1.82) is 0 Å². The molecule has 0 aliphatic heterocycles. The van der Waals surface area contributed by atoms with Crippen molar-refractivity contribution in [3.63, 3.8) is 0 Å². The molecule has 0 N–H and O–H groups in total. The van der Waals surface area contributed by atoms with Crippen LogP contribution < -0.4 is 0 Å². The zero-order valence-corrected chi connectivity index (χ0v) is 14.1. The molecule has 2 rings (SSSR count). The van der Waals surface area contributed by atoms with Crippen molar-refractivity contribution in [1.82, 2.24) is 0 Å². The number of rotatable bonds is 10. The van der Waals surface area contributed by atoms with Gasteiger partial charge >= 0.3 is 0 Å². The van der Waals surface area contributed by atoms with Gasteiger partial charge in [0.15, 0.2) is 0 Å². The third kappa shape index (κ3) is 4.00. The summed E-state index contributed by atoms with van der Waals surface area (Å²) in [5.74, 6) is 0.626. The van der Waals surface area contributed by atoms with Crippen LogP contribution in [-0.4, -0.2) is 0 Å². The molecule has 0 aromatic heterocycles. The van der Waals surface area contributed by atoms with E-state index in [2.05, 4.69) is 44.4 Å². The highest BCUT2D eigenvalue weighted by Crippen LogP contribution is 2.41. The van der Waals surface area contributed by atoms with Crippen LogP contribution in [0.25, 0.3) is 0 Å². The van der Waals surface area contributed by atoms with Gasteiger partial charge in [0.05, 0.1) is 0 Å². The van der Waals surface area contributed by atoms with E-state index in [1.807, 2.05) is 12.2 Å². The fourth-order valence-corrected chi connectivity index (χ4v) is 3.73. The number of unbranched alkanes of at least 4 members (excludes halogenated alkanes) is 2. The zero-order chi connectivity index (χ0) is 15.8. The van der Waals surface area contributed by atoms with E-state index >= 15 is 0 Å². The van der Waals surface area contributed by atoms with E-state index in [0.29, 0.717) is 5.92 Å². The predicted molar refractivity (Wildman–Crippen MR) is 98.8 cm³/mol. The normalized spacial score (nSPS) is 17.2. The second-order valence-electron chi connectivity index (χ2n) is 6.35. The van der Waals surface area contributed by atoms with Crippen molar-refractivity contribution in [3.8, 4) is 0 Å². The summed E-state index contributed by atoms with van der Waals surface area (Å²) >= 11 is 0. The van der Waals surface area contributed by atoms with Gasteiger partial charge in [-0.25, -0.2) is 0 Å². The maximum atomic E-state index is 3.93. The van der Waals surface area contributed by atoms with Gasteiger partial charge in [0, 0.05) is 5.92 Å². The van der Waals surface area contributed by atoms with E-state index in [0.717, 1.165) is 25.7 Å². The predicted octanol–water partition coefficient (Wildman–Crippen LogP) is 6.85. The summed E-state index contributed by atoms with van der Waals surface area (Å²) in [7, 11) is 0. The van der Waals surface area contributed by atoms with Gasteiger partial charge in [0.25, 0.3) is 0 Å². The summed E-state index contributed by atoms with van der Waals surface area (Å²) in [5, 5.41) is 0. The first-order valence-electron chi connectivity index (χ1n) is 8.80. The maximum Gasteiger partial charge on any atom is 0.00250 e. The number of hydrogen-bond donors (Lipinski definition) is 0. The standard InChI is InChI=1S/C22H30/c1-4-7-8-15-22(20-16-9-13-18(20)11-5-2)21-17-10-14-19(21)12-6-3/h5-6,9-10,13-14,22H,2-4,7-8,11-12,15-17H2,1H3. The third-order valence-corrected chi connectivity index (χ3v) is 4.80. The molecule has 0 atom stereocenters. The van der Waals surface area contributed by atoms with Crippen molar-refractivity contribution in [2.75, 3.05) is 0 Å². The molecule has 2 aliphatic carbocycles. The highest BCUT2D eigenvalue weighted by molar-refractivity contribution is 5.45. The Kier molecular flexibility index (Phi) is 6.71. The fraction of sp³-hybridized carbons (Fsp3) is 0.455. The number of allylic oxidation sites excluding steroid dienone is 10. The molecule has 22 heavy (non-hydrogen) atoms. The van der Waals surface area contributed by atoms with Crippen LogP contribution in [0.4, 0.5) is 0 Å². The van der Waals surface area contributed by atoms with Gasteiger partial charge in [0.2, 0.25) is 0 Å². The first-order valence-corrected chi connectivity index (χ1v) is 8.80. The van der Waals surface area contributed by atoms with Crippen molar-refractivity contribution >= 4 is 0 Å². The molecule has 0 amide bonds. The summed E-state index contributed by atoms with van der Waals surface area (Å²) in [4.78, 5) is 0. The SMILES string of the molecule is C=CCC1=C(C(CCCCC)C2=C(CC=C)C=CC2)CC=C1. The van der Waals surface area contributed by atoms with Gasteiger partial charge in [-0.05, 0) is 43.3 Å². The minimum Gasteiger partial charge on any atom is -0.103 e. The second-order valence-corrected chi connectivity index (χ2v) is 6.35. The molecule has 0 heteroatoms. The quantitative estimate of drug-likeness (QED) is 0.305. The lowest BCUT2D eigenvalue weighted by molar-refractivity contribution is 0.557. The van der Waals surface area contributed by atoms with Crippen molar-refractivity contribution in [2.24, 2.45) is 5.92 Å². The lowest BCUT2D eigenvalue weighted by atomic mass is 9.81. The molecule has 0 aromatic carbocycles. The third-order valence-electron chi connectivity index (χ3n) is 4.80. The average molecular weight is 294 g/mol. The van der Waals surface area contributed by atoms with Crippen LogP contribution in [0.15, 0.2) is 71.9 Å². The van der Waals surface area contributed by atoms with Gasteiger partial charge in [-0.3, -0.25) is 0 Å². The van der Waals surface area contributed by atoms with Crippen molar-refractivity contribution in [3.05, 3.63) is 71.9 Å². The fourth-order valence-electron chi connectivity index (χ4n) is 3.73. The molecule has 0 fully saturated rings. The summed E-state index contributed by atoms with van der Waals surface area (Å²) in [6.07, 6.45) is 22.9. The molecule has 0 heterocycles. The molecule has 118 valence electrons. The lowest BCUT2D eigenvalue weighted by Crippen LogP contribution is -2.09. The topological polar surface area (TPSA) is 0 Å². The molecular formula is C22H30. The summed E-state index contributed by atoms with van der Waals surface area (Å²) in [5.41, 5.74) is 6.32.